The van der Waals surface area contributed by atoms with Crippen molar-refractivity contribution in [3.63, 3.8) is 0 Å². The van der Waals surface area contributed by atoms with Gasteiger partial charge in [0, 0.05) is 16.9 Å². The molecule has 1 heterocycles. The van der Waals surface area contributed by atoms with Gasteiger partial charge in [-0.25, -0.2) is 14.4 Å². The lowest BCUT2D eigenvalue weighted by Gasteiger charge is -2.19. The summed E-state index contributed by atoms with van der Waals surface area (Å²) in [5, 5.41) is 1.00. The zero-order valence-corrected chi connectivity index (χ0v) is 10.1. The first-order valence-electron chi connectivity index (χ1n) is 5.01. The van der Waals surface area contributed by atoms with Crippen molar-refractivity contribution < 1.29 is 4.39 Å². The number of halogens is 2. The Morgan fingerprint density at radius 1 is 1.19 bits per heavy atom. The van der Waals surface area contributed by atoms with E-state index in [1.54, 1.807) is 6.07 Å². The van der Waals surface area contributed by atoms with Crippen LogP contribution in [0.15, 0.2) is 18.2 Å². The van der Waals surface area contributed by atoms with Crippen LogP contribution in [0.1, 0.15) is 26.5 Å². The predicted octanol–water partition coefficient (Wildman–Crippen LogP) is 3.72. The van der Waals surface area contributed by atoms with Crippen LogP contribution in [-0.2, 0) is 5.41 Å². The summed E-state index contributed by atoms with van der Waals surface area (Å²) in [5.74, 6) is -0.317. The first-order valence-corrected chi connectivity index (χ1v) is 5.39. The summed E-state index contributed by atoms with van der Waals surface area (Å²) in [6.07, 6.45) is 0. The van der Waals surface area contributed by atoms with Crippen molar-refractivity contribution in [3.05, 3.63) is 35.0 Å². The summed E-state index contributed by atoms with van der Waals surface area (Å²) >= 11 is 5.84. The third-order valence-electron chi connectivity index (χ3n) is 2.34. The molecule has 0 aliphatic carbocycles. The van der Waals surface area contributed by atoms with Crippen LogP contribution in [-0.4, -0.2) is 9.97 Å². The van der Waals surface area contributed by atoms with Crippen LogP contribution in [0.2, 0.25) is 5.28 Å². The highest BCUT2D eigenvalue weighted by atomic mass is 35.5. The number of hydrogen-bond donors (Lipinski definition) is 0. The molecular formula is C12H12ClFN2. The zero-order chi connectivity index (χ0) is 11.9. The third kappa shape index (κ3) is 2.00. The van der Waals surface area contributed by atoms with Gasteiger partial charge in [-0.1, -0.05) is 20.8 Å². The Morgan fingerprint density at radius 3 is 2.50 bits per heavy atom. The second kappa shape index (κ2) is 3.67. The quantitative estimate of drug-likeness (QED) is 0.654. The molecule has 0 unspecified atom stereocenters. The molecule has 0 bridgehead atoms. The normalized spacial score (nSPS) is 12.1. The molecule has 0 saturated carbocycles. The van der Waals surface area contributed by atoms with E-state index in [1.165, 1.54) is 12.1 Å². The van der Waals surface area contributed by atoms with Gasteiger partial charge in [0.15, 0.2) is 0 Å². The number of aromatic nitrogens is 2. The van der Waals surface area contributed by atoms with E-state index in [1.807, 2.05) is 20.8 Å². The summed E-state index contributed by atoms with van der Waals surface area (Å²) in [5.41, 5.74) is 1.23. The molecule has 0 amide bonds. The topological polar surface area (TPSA) is 25.8 Å². The molecule has 0 atom stereocenters. The van der Waals surface area contributed by atoms with Gasteiger partial charge in [-0.2, -0.15) is 0 Å². The van der Waals surface area contributed by atoms with Gasteiger partial charge in [0.2, 0.25) is 5.28 Å². The van der Waals surface area contributed by atoms with E-state index in [4.69, 9.17) is 11.6 Å². The molecule has 2 nitrogen and oxygen atoms in total. The fraction of sp³-hybridized carbons (Fsp3) is 0.333. The molecule has 84 valence electrons. The van der Waals surface area contributed by atoms with Crippen LogP contribution in [0.5, 0.6) is 0 Å². The second-order valence-corrected chi connectivity index (χ2v) is 5.09. The fourth-order valence-electron chi connectivity index (χ4n) is 1.65. The van der Waals surface area contributed by atoms with Crippen molar-refractivity contribution in [2.45, 2.75) is 26.2 Å². The van der Waals surface area contributed by atoms with Gasteiger partial charge in [0.05, 0.1) is 11.2 Å². The maximum atomic E-state index is 13.1. The number of rotatable bonds is 0. The molecule has 16 heavy (non-hydrogen) atoms. The van der Waals surface area contributed by atoms with Crippen molar-refractivity contribution in [2.75, 3.05) is 0 Å². The smallest absolute Gasteiger partial charge is 0.222 e. The molecule has 1 aromatic heterocycles. The summed E-state index contributed by atoms with van der Waals surface area (Å²) in [6.45, 7) is 6.11. The van der Waals surface area contributed by atoms with E-state index in [0.29, 0.717) is 5.52 Å². The van der Waals surface area contributed by atoms with Crippen molar-refractivity contribution in [3.8, 4) is 0 Å². The summed E-state index contributed by atoms with van der Waals surface area (Å²) in [4.78, 5) is 8.26. The first-order chi connectivity index (χ1) is 7.38. The summed E-state index contributed by atoms with van der Waals surface area (Å²) < 4.78 is 13.1. The van der Waals surface area contributed by atoms with Crippen molar-refractivity contribution in [1.82, 2.24) is 9.97 Å². The van der Waals surface area contributed by atoms with Crippen molar-refractivity contribution in [1.29, 1.82) is 0 Å². The first kappa shape index (κ1) is 11.3. The Labute approximate surface area is 98.5 Å². The van der Waals surface area contributed by atoms with E-state index >= 15 is 0 Å². The number of nitrogens with zero attached hydrogens (tertiary/aromatic N) is 2. The monoisotopic (exact) mass is 238 g/mol. The molecule has 0 fully saturated rings. The zero-order valence-electron chi connectivity index (χ0n) is 9.38. The minimum atomic E-state index is -0.317. The Balaban J connectivity index is 2.83. The van der Waals surface area contributed by atoms with Gasteiger partial charge in [0.1, 0.15) is 5.82 Å². The maximum absolute atomic E-state index is 13.1. The van der Waals surface area contributed by atoms with Gasteiger partial charge in [-0.3, -0.25) is 0 Å². The van der Waals surface area contributed by atoms with E-state index in [9.17, 15) is 4.39 Å². The molecule has 2 aromatic rings. The van der Waals surface area contributed by atoms with E-state index in [0.717, 1.165) is 11.1 Å². The lowest BCUT2D eigenvalue weighted by Crippen LogP contribution is -2.15. The van der Waals surface area contributed by atoms with Crippen LogP contribution in [0.3, 0.4) is 0 Å². The van der Waals surface area contributed by atoms with Crippen molar-refractivity contribution in [2.24, 2.45) is 0 Å². The highest BCUT2D eigenvalue weighted by Gasteiger charge is 2.20. The third-order valence-corrected chi connectivity index (χ3v) is 2.51. The minimum absolute atomic E-state index is 0.150. The molecule has 0 aliphatic rings. The Hall–Kier alpha value is -1.22. The van der Waals surface area contributed by atoms with Crippen LogP contribution in [0.25, 0.3) is 10.9 Å². The highest BCUT2D eigenvalue weighted by Crippen LogP contribution is 2.28. The van der Waals surface area contributed by atoms with E-state index in [2.05, 4.69) is 9.97 Å². The molecule has 0 N–H and O–H groups in total. The Morgan fingerprint density at radius 2 is 1.88 bits per heavy atom. The molecule has 0 aliphatic heterocycles. The molecule has 4 heteroatoms. The van der Waals surface area contributed by atoms with E-state index < -0.39 is 0 Å². The van der Waals surface area contributed by atoms with Gasteiger partial charge < -0.3 is 0 Å². The molecule has 1 aromatic carbocycles. The highest BCUT2D eigenvalue weighted by molar-refractivity contribution is 6.28. The number of hydrogen-bond acceptors (Lipinski definition) is 2. The summed E-state index contributed by atoms with van der Waals surface area (Å²) in [6, 6.07) is 4.48. The Bertz CT molecular complexity index is 541. The lowest BCUT2D eigenvalue weighted by atomic mass is 9.89. The van der Waals surface area contributed by atoms with Crippen LogP contribution >= 0.6 is 11.6 Å². The van der Waals surface area contributed by atoms with Crippen LogP contribution in [0.4, 0.5) is 4.39 Å². The number of fused-ring (bicyclic) bond motifs is 1. The minimum Gasteiger partial charge on any atom is -0.222 e. The molecule has 2 rings (SSSR count). The number of benzene rings is 1. The predicted molar refractivity (Wildman–Crippen MR) is 63.2 cm³/mol. The van der Waals surface area contributed by atoms with Gasteiger partial charge in [-0.15, -0.1) is 0 Å². The van der Waals surface area contributed by atoms with Gasteiger partial charge in [-0.05, 0) is 23.7 Å². The van der Waals surface area contributed by atoms with Gasteiger partial charge >= 0.3 is 0 Å². The lowest BCUT2D eigenvalue weighted by molar-refractivity contribution is 0.573. The fourth-order valence-corrected chi connectivity index (χ4v) is 1.82. The van der Waals surface area contributed by atoms with Gasteiger partial charge in [0.25, 0.3) is 0 Å². The molecule has 0 spiro atoms. The molecular weight excluding hydrogens is 227 g/mol. The van der Waals surface area contributed by atoms with Crippen molar-refractivity contribution >= 4 is 22.5 Å². The Kier molecular flexibility index (Phi) is 2.58. The standard InChI is InChI=1S/C12H12ClFN2/c1-12(2,3)10-8-5-4-7(14)6-9(8)15-11(13)16-10/h4-6H,1-3H3. The largest absolute Gasteiger partial charge is 0.223 e. The molecule has 0 saturated heterocycles. The SMILES string of the molecule is CC(C)(C)c1nc(Cl)nc2cc(F)ccc12. The van der Waals surface area contributed by atoms with Crippen LogP contribution in [0, 0.1) is 5.82 Å². The second-order valence-electron chi connectivity index (χ2n) is 4.75. The average Bonchev–Trinajstić information content (AvgIpc) is 2.14. The van der Waals surface area contributed by atoms with Crippen LogP contribution < -0.4 is 0 Å². The maximum Gasteiger partial charge on any atom is 0.223 e. The van der Waals surface area contributed by atoms with E-state index in [-0.39, 0.29) is 16.5 Å². The summed E-state index contributed by atoms with van der Waals surface area (Å²) in [7, 11) is 0. The average molecular weight is 239 g/mol. The molecule has 0 radical (unpaired) electrons.